The third kappa shape index (κ3) is 3.92. The maximum absolute atomic E-state index is 12.2. The normalized spacial score (nSPS) is 18.2. The number of nitrogens with zero attached hydrogens (tertiary/aromatic N) is 1. The lowest BCUT2D eigenvalue weighted by molar-refractivity contribution is 0.0944. The van der Waals surface area contributed by atoms with Crippen molar-refractivity contribution >= 4 is 26.7 Å². The second-order valence-electron chi connectivity index (χ2n) is 5.26. The van der Waals surface area contributed by atoms with Crippen LogP contribution in [-0.2, 0) is 20.8 Å². The van der Waals surface area contributed by atoms with Crippen molar-refractivity contribution in [2.24, 2.45) is 5.14 Å². The van der Waals surface area contributed by atoms with Crippen LogP contribution in [-0.4, -0.2) is 41.2 Å². The van der Waals surface area contributed by atoms with E-state index < -0.39 is 20.8 Å². The molecule has 1 fully saturated rings. The molecule has 0 saturated heterocycles. The van der Waals surface area contributed by atoms with Gasteiger partial charge in [-0.05, 0) is 25.8 Å². The van der Waals surface area contributed by atoms with Gasteiger partial charge in [0.25, 0.3) is 5.91 Å². The van der Waals surface area contributed by atoms with Crippen LogP contribution < -0.4 is 10.5 Å². The number of amides is 1. The first-order valence-corrected chi connectivity index (χ1v) is 9.72. The fourth-order valence-electron chi connectivity index (χ4n) is 1.89. The van der Waals surface area contributed by atoms with E-state index in [9.17, 15) is 17.4 Å². The molecular formula is C12H19N3O4S2. The summed E-state index contributed by atoms with van der Waals surface area (Å²) in [4.78, 5) is 12.1. The van der Waals surface area contributed by atoms with Crippen molar-refractivity contribution < 1.29 is 17.4 Å². The van der Waals surface area contributed by atoms with Gasteiger partial charge in [-0.25, -0.2) is 13.6 Å². The van der Waals surface area contributed by atoms with E-state index in [1.54, 1.807) is 17.7 Å². The topological polar surface area (TPSA) is 111 Å². The zero-order valence-corrected chi connectivity index (χ0v) is 13.5. The molecule has 2 rings (SSSR count). The Morgan fingerprint density at radius 2 is 2.19 bits per heavy atom. The molecule has 1 heterocycles. The molecule has 1 aromatic heterocycles. The quantitative estimate of drug-likeness (QED) is 0.761. The molecule has 1 aromatic rings. The van der Waals surface area contributed by atoms with Gasteiger partial charge in [-0.15, -0.1) is 0 Å². The number of carbonyl (C=O) groups is 1. The zero-order valence-electron chi connectivity index (χ0n) is 11.9. The van der Waals surface area contributed by atoms with Gasteiger partial charge in [0.1, 0.15) is 10.6 Å². The SMILES string of the molecule is CC(CNC(=O)c1cc(S(N)(=O)=O)cn1C1CC1)S(C)=O. The zero-order chi connectivity index (χ0) is 15.8. The molecule has 0 aliphatic heterocycles. The van der Waals surface area contributed by atoms with Gasteiger partial charge in [0.05, 0.1) is 0 Å². The van der Waals surface area contributed by atoms with Gasteiger partial charge >= 0.3 is 0 Å². The van der Waals surface area contributed by atoms with Gasteiger partial charge in [0.2, 0.25) is 10.0 Å². The molecule has 1 saturated carbocycles. The summed E-state index contributed by atoms with van der Waals surface area (Å²) in [6.07, 6.45) is 4.80. The highest BCUT2D eigenvalue weighted by Crippen LogP contribution is 2.37. The lowest BCUT2D eigenvalue weighted by Crippen LogP contribution is -2.33. The summed E-state index contributed by atoms with van der Waals surface area (Å²) in [5.41, 5.74) is 0.274. The minimum Gasteiger partial charge on any atom is -0.350 e. The van der Waals surface area contributed by atoms with E-state index >= 15 is 0 Å². The molecule has 2 atom stereocenters. The standard InChI is InChI=1S/C12H19N3O4S2/c1-8(20(2)17)6-14-12(16)11-5-10(21(13,18)19)7-15(11)9-3-4-9/h5,7-9H,3-4,6H2,1-2H3,(H,14,16)(H2,13,18,19). The number of nitrogens with two attached hydrogens (primary N) is 1. The first kappa shape index (κ1) is 16.2. The van der Waals surface area contributed by atoms with E-state index in [2.05, 4.69) is 5.32 Å². The van der Waals surface area contributed by atoms with E-state index in [4.69, 9.17) is 5.14 Å². The molecule has 3 N–H and O–H groups in total. The molecule has 118 valence electrons. The number of carbonyl (C=O) groups excluding carboxylic acids is 1. The minimum atomic E-state index is -3.84. The van der Waals surface area contributed by atoms with Crippen LogP contribution in [0.15, 0.2) is 17.2 Å². The Morgan fingerprint density at radius 3 is 2.67 bits per heavy atom. The van der Waals surface area contributed by atoms with Crippen LogP contribution in [0.1, 0.15) is 36.3 Å². The van der Waals surface area contributed by atoms with Crippen LogP contribution >= 0.6 is 0 Å². The average molecular weight is 333 g/mol. The van der Waals surface area contributed by atoms with Crippen LogP contribution in [0.25, 0.3) is 0 Å². The van der Waals surface area contributed by atoms with E-state index in [0.29, 0.717) is 0 Å². The summed E-state index contributed by atoms with van der Waals surface area (Å²) in [6, 6.07) is 1.44. The molecule has 1 aliphatic rings. The highest BCUT2D eigenvalue weighted by atomic mass is 32.2. The van der Waals surface area contributed by atoms with Crippen molar-refractivity contribution in [1.29, 1.82) is 0 Å². The number of hydrogen-bond acceptors (Lipinski definition) is 4. The molecule has 0 aromatic carbocycles. The van der Waals surface area contributed by atoms with Crippen LogP contribution in [0.5, 0.6) is 0 Å². The van der Waals surface area contributed by atoms with Crippen LogP contribution in [0.2, 0.25) is 0 Å². The Morgan fingerprint density at radius 1 is 1.57 bits per heavy atom. The second-order valence-corrected chi connectivity index (χ2v) is 8.63. The summed E-state index contributed by atoms with van der Waals surface area (Å²) in [6.45, 7) is 2.04. The van der Waals surface area contributed by atoms with E-state index in [-0.39, 0.29) is 34.3 Å². The molecule has 9 heteroatoms. The van der Waals surface area contributed by atoms with Crippen LogP contribution in [0.3, 0.4) is 0 Å². The number of primary sulfonamides is 1. The highest BCUT2D eigenvalue weighted by Gasteiger charge is 2.29. The second kappa shape index (κ2) is 5.90. The van der Waals surface area contributed by atoms with Gasteiger partial charge < -0.3 is 9.88 Å². The number of nitrogens with one attached hydrogen (secondary N) is 1. The fraction of sp³-hybridized carbons (Fsp3) is 0.583. The summed E-state index contributed by atoms with van der Waals surface area (Å²) >= 11 is 0. The Labute approximate surface area is 126 Å². The largest absolute Gasteiger partial charge is 0.350 e. The van der Waals surface area contributed by atoms with Crippen molar-refractivity contribution in [3.8, 4) is 0 Å². The van der Waals surface area contributed by atoms with Gasteiger partial charge in [-0.3, -0.25) is 9.00 Å². The summed E-state index contributed by atoms with van der Waals surface area (Å²) in [5.74, 6) is -0.380. The Bertz CT molecular complexity index is 677. The average Bonchev–Trinajstić information content (AvgIpc) is 3.12. The third-order valence-corrected chi connectivity index (χ3v) is 5.62. The number of aromatic nitrogens is 1. The Kier molecular flexibility index (Phi) is 4.54. The van der Waals surface area contributed by atoms with Crippen LogP contribution in [0, 0.1) is 0 Å². The number of rotatable bonds is 6. The predicted molar refractivity (Wildman–Crippen MR) is 79.9 cm³/mol. The highest BCUT2D eigenvalue weighted by molar-refractivity contribution is 7.89. The smallest absolute Gasteiger partial charge is 0.267 e. The molecule has 21 heavy (non-hydrogen) atoms. The first-order valence-electron chi connectivity index (χ1n) is 6.55. The Hall–Kier alpha value is -1.19. The lowest BCUT2D eigenvalue weighted by Gasteiger charge is -2.11. The fourth-order valence-corrected chi connectivity index (χ4v) is 2.75. The van der Waals surface area contributed by atoms with E-state index in [1.807, 2.05) is 0 Å². The van der Waals surface area contributed by atoms with Gasteiger partial charge in [-0.1, -0.05) is 0 Å². The third-order valence-electron chi connectivity index (χ3n) is 3.44. The maximum atomic E-state index is 12.2. The molecule has 1 aliphatic carbocycles. The molecule has 1 amide bonds. The summed E-state index contributed by atoms with van der Waals surface area (Å²) < 4.78 is 35.8. The van der Waals surface area contributed by atoms with Crippen molar-refractivity contribution in [3.63, 3.8) is 0 Å². The van der Waals surface area contributed by atoms with E-state index in [0.717, 1.165) is 12.8 Å². The predicted octanol–water partition coefficient (Wildman–Crippen LogP) is -0.0328. The lowest BCUT2D eigenvalue weighted by atomic mass is 10.3. The number of sulfonamides is 1. The molecule has 0 radical (unpaired) electrons. The molecule has 0 bridgehead atoms. The number of hydrogen-bond donors (Lipinski definition) is 2. The van der Waals surface area contributed by atoms with Crippen molar-refractivity contribution in [3.05, 3.63) is 18.0 Å². The molecule has 2 unspecified atom stereocenters. The Balaban J connectivity index is 2.20. The molecule has 7 nitrogen and oxygen atoms in total. The van der Waals surface area contributed by atoms with Crippen molar-refractivity contribution in [2.45, 2.75) is 36.0 Å². The van der Waals surface area contributed by atoms with Crippen molar-refractivity contribution in [1.82, 2.24) is 9.88 Å². The maximum Gasteiger partial charge on any atom is 0.267 e. The molecular weight excluding hydrogens is 314 g/mol. The first-order chi connectivity index (χ1) is 9.70. The monoisotopic (exact) mass is 333 g/mol. The van der Waals surface area contributed by atoms with E-state index in [1.165, 1.54) is 12.3 Å². The van der Waals surface area contributed by atoms with Crippen LogP contribution in [0.4, 0.5) is 0 Å². The minimum absolute atomic E-state index is 0.0633. The van der Waals surface area contributed by atoms with Gasteiger partial charge in [0.15, 0.2) is 0 Å². The molecule has 0 spiro atoms. The summed E-state index contributed by atoms with van der Waals surface area (Å²) in [7, 11) is -4.87. The van der Waals surface area contributed by atoms with Crippen molar-refractivity contribution in [2.75, 3.05) is 12.8 Å². The summed E-state index contributed by atoms with van der Waals surface area (Å²) in [5, 5.41) is 7.62. The van der Waals surface area contributed by atoms with Gasteiger partial charge in [0, 0.05) is 41.1 Å². The van der Waals surface area contributed by atoms with Gasteiger partial charge in [-0.2, -0.15) is 0 Å².